The lowest BCUT2D eigenvalue weighted by molar-refractivity contribution is -0.0505. The summed E-state index contributed by atoms with van der Waals surface area (Å²) in [6.07, 6.45) is 3.32. The van der Waals surface area contributed by atoms with Gasteiger partial charge in [0, 0.05) is 37.4 Å². The van der Waals surface area contributed by atoms with Crippen molar-refractivity contribution in [3.63, 3.8) is 0 Å². The van der Waals surface area contributed by atoms with E-state index in [-0.39, 0.29) is 29.6 Å². The van der Waals surface area contributed by atoms with Gasteiger partial charge in [-0.15, -0.1) is 0 Å². The first-order valence-electron chi connectivity index (χ1n) is 10.6. The number of aromatic nitrogens is 2. The number of halogens is 2. The summed E-state index contributed by atoms with van der Waals surface area (Å²) >= 11 is 0. The van der Waals surface area contributed by atoms with Crippen LogP contribution in [0.2, 0.25) is 0 Å². The summed E-state index contributed by atoms with van der Waals surface area (Å²) in [5, 5.41) is 18.6. The van der Waals surface area contributed by atoms with Crippen LogP contribution in [0.4, 0.5) is 8.78 Å². The average molecular weight is 470 g/mol. The minimum Gasteiger partial charge on any atom is -0.496 e. The fourth-order valence-corrected chi connectivity index (χ4v) is 3.96. The second kappa shape index (κ2) is 8.91. The molecule has 1 aliphatic rings. The Kier molecular flexibility index (Phi) is 6.15. The molecule has 8 nitrogen and oxygen atoms in total. The molecule has 3 aromatic rings. The fraction of sp³-hybridized carbons (Fsp3) is 0.375. The molecule has 1 amide bonds. The van der Waals surface area contributed by atoms with Gasteiger partial charge in [0.15, 0.2) is 0 Å². The van der Waals surface area contributed by atoms with Gasteiger partial charge in [0.25, 0.3) is 5.91 Å². The van der Waals surface area contributed by atoms with E-state index in [9.17, 15) is 23.9 Å². The maximum atomic E-state index is 13.3. The predicted octanol–water partition coefficient (Wildman–Crippen LogP) is 3.48. The first-order chi connectivity index (χ1) is 16.2. The lowest BCUT2D eigenvalue weighted by Crippen LogP contribution is -2.51. The third-order valence-corrected chi connectivity index (χ3v) is 6.03. The largest absolute Gasteiger partial charge is 0.496 e. The van der Waals surface area contributed by atoms with Crippen molar-refractivity contribution in [2.45, 2.75) is 25.9 Å². The van der Waals surface area contributed by atoms with Gasteiger partial charge >= 0.3 is 6.61 Å². The van der Waals surface area contributed by atoms with Crippen molar-refractivity contribution >= 4 is 11.6 Å². The van der Waals surface area contributed by atoms with Crippen molar-refractivity contribution in [2.24, 2.45) is 5.92 Å². The molecule has 0 atom stereocenters. The number of hydrogen-bond donors (Lipinski definition) is 1. The number of nitrogens with zero attached hydrogens (tertiary/aromatic N) is 4. The number of likely N-dealkylation sites (tertiary alicyclic amines) is 1. The van der Waals surface area contributed by atoms with Crippen LogP contribution < -0.4 is 9.47 Å². The SMILES string of the molecule is COc1cc(-c2cnc3cc(C(C)(C)C#N)ccn23)cc(OC(F)F)c1C(=O)N1CC(CO)C1. The second-order valence-electron chi connectivity index (χ2n) is 8.71. The zero-order valence-corrected chi connectivity index (χ0v) is 19.0. The topological polar surface area (TPSA) is 100 Å². The van der Waals surface area contributed by atoms with Crippen molar-refractivity contribution in [3.05, 3.63) is 47.8 Å². The number of rotatable bonds is 7. The van der Waals surface area contributed by atoms with Gasteiger partial charge in [-0.25, -0.2) is 4.98 Å². The summed E-state index contributed by atoms with van der Waals surface area (Å²) in [5.41, 5.74) is 1.58. The van der Waals surface area contributed by atoms with E-state index >= 15 is 0 Å². The number of benzene rings is 1. The number of alkyl halides is 2. The van der Waals surface area contributed by atoms with E-state index in [2.05, 4.69) is 11.1 Å². The molecule has 2 aromatic heterocycles. The molecular formula is C24H24F2N4O4. The van der Waals surface area contributed by atoms with Gasteiger partial charge in [-0.1, -0.05) is 0 Å². The Morgan fingerprint density at radius 1 is 1.32 bits per heavy atom. The highest BCUT2D eigenvalue weighted by atomic mass is 19.3. The number of ether oxygens (including phenoxy) is 2. The summed E-state index contributed by atoms with van der Waals surface area (Å²) < 4.78 is 38.4. The van der Waals surface area contributed by atoms with E-state index < -0.39 is 17.9 Å². The quantitative estimate of drug-likeness (QED) is 0.568. The molecule has 0 aliphatic carbocycles. The zero-order chi connectivity index (χ0) is 24.6. The number of amides is 1. The third-order valence-electron chi connectivity index (χ3n) is 6.03. The van der Waals surface area contributed by atoms with Crippen molar-refractivity contribution < 1.29 is 28.2 Å². The molecule has 0 unspecified atom stereocenters. The Bertz CT molecular complexity index is 1280. The number of hydrogen-bond acceptors (Lipinski definition) is 6. The summed E-state index contributed by atoms with van der Waals surface area (Å²) in [6.45, 7) is 1.05. The number of pyridine rings is 1. The Morgan fingerprint density at radius 2 is 2.03 bits per heavy atom. The molecule has 3 heterocycles. The van der Waals surface area contributed by atoms with Crippen LogP contribution in [0.15, 0.2) is 36.7 Å². The summed E-state index contributed by atoms with van der Waals surface area (Å²) in [4.78, 5) is 18.9. The van der Waals surface area contributed by atoms with Crippen molar-refractivity contribution in [1.82, 2.24) is 14.3 Å². The van der Waals surface area contributed by atoms with Gasteiger partial charge in [-0.3, -0.25) is 9.20 Å². The average Bonchev–Trinajstić information content (AvgIpc) is 3.20. The number of carbonyl (C=O) groups is 1. The molecule has 178 valence electrons. The normalized spacial score (nSPS) is 14.2. The van der Waals surface area contributed by atoms with Gasteiger partial charge in [-0.05, 0) is 43.7 Å². The minimum atomic E-state index is -3.15. The Balaban J connectivity index is 1.79. The van der Waals surface area contributed by atoms with E-state index in [1.54, 1.807) is 48.8 Å². The van der Waals surface area contributed by atoms with Crippen LogP contribution >= 0.6 is 0 Å². The van der Waals surface area contributed by atoms with Crippen molar-refractivity contribution in [2.75, 3.05) is 26.8 Å². The first-order valence-corrected chi connectivity index (χ1v) is 10.6. The molecule has 1 aliphatic heterocycles. The predicted molar refractivity (Wildman–Crippen MR) is 119 cm³/mol. The maximum absolute atomic E-state index is 13.3. The minimum absolute atomic E-state index is 0.0391. The fourth-order valence-electron chi connectivity index (χ4n) is 3.96. The van der Waals surface area contributed by atoms with Crippen LogP contribution in [0.1, 0.15) is 29.8 Å². The number of imidazole rings is 1. The van der Waals surface area contributed by atoms with Crippen LogP contribution in [-0.4, -0.2) is 58.7 Å². The summed E-state index contributed by atoms with van der Waals surface area (Å²) in [7, 11) is 1.35. The van der Waals surface area contributed by atoms with Gasteiger partial charge in [0.05, 0.1) is 30.5 Å². The Labute approximate surface area is 195 Å². The van der Waals surface area contributed by atoms with E-state index in [1.165, 1.54) is 18.1 Å². The molecular weight excluding hydrogens is 446 g/mol. The molecule has 0 bridgehead atoms. The van der Waals surface area contributed by atoms with Crippen LogP contribution in [0, 0.1) is 17.2 Å². The Hall–Kier alpha value is -3.71. The molecule has 1 aromatic carbocycles. The van der Waals surface area contributed by atoms with Gasteiger partial charge in [0.2, 0.25) is 0 Å². The standard InChI is InChI=1S/C24H24F2N4O4/c1-24(2,13-27)16-4-5-30-17(9-28-20(30)8-16)15-6-18(33-3)21(19(7-15)34-23(25)26)22(32)29-10-14(11-29)12-31/h4-9,14,23,31H,10-12H2,1-3H3. The van der Waals surface area contributed by atoms with E-state index in [1.807, 2.05) is 0 Å². The number of fused-ring (bicyclic) bond motifs is 1. The van der Waals surface area contributed by atoms with Gasteiger partial charge in [0.1, 0.15) is 22.7 Å². The number of aliphatic hydroxyl groups is 1. The van der Waals surface area contributed by atoms with Crippen molar-refractivity contribution in [3.8, 4) is 28.8 Å². The molecule has 0 radical (unpaired) electrons. The molecule has 1 saturated heterocycles. The number of carbonyl (C=O) groups excluding carboxylic acids is 1. The first kappa shape index (κ1) is 23.4. The molecule has 0 saturated carbocycles. The lowest BCUT2D eigenvalue weighted by Gasteiger charge is -2.38. The highest BCUT2D eigenvalue weighted by Crippen LogP contribution is 2.38. The van der Waals surface area contributed by atoms with Gasteiger partial charge in [-0.2, -0.15) is 14.0 Å². The number of nitriles is 1. The molecule has 4 rings (SSSR count). The van der Waals surface area contributed by atoms with Crippen LogP contribution in [0.5, 0.6) is 11.5 Å². The van der Waals surface area contributed by atoms with Gasteiger partial charge < -0.3 is 19.5 Å². The second-order valence-corrected chi connectivity index (χ2v) is 8.71. The molecule has 1 N–H and O–H groups in total. The van der Waals surface area contributed by atoms with E-state index in [0.717, 1.165) is 5.56 Å². The monoisotopic (exact) mass is 470 g/mol. The molecule has 34 heavy (non-hydrogen) atoms. The number of methoxy groups -OCH3 is 1. The highest BCUT2D eigenvalue weighted by molar-refractivity contribution is 6.01. The van der Waals surface area contributed by atoms with Crippen LogP contribution in [0.3, 0.4) is 0 Å². The molecule has 10 heteroatoms. The smallest absolute Gasteiger partial charge is 0.387 e. The maximum Gasteiger partial charge on any atom is 0.387 e. The lowest BCUT2D eigenvalue weighted by atomic mass is 9.87. The van der Waals surface area contributed by atoms with Crippen LogP contribution in [0.25, 0.3) is 16.9 Å². The third kappa shape index (κ3) is 4.15. The van der Waals surface area contributed by atoms with E-state index in [4.69, 9.17) is 9.47 Å². The highest BCUT2D eigenvalue weighted by Gasteiger charge is 2.34. The zero-order valence-electron chi connectivity index (χ0n) is 19.0. The molecule has 0 spiro atoms. The summed E-state index contributed by atoms with van der Waals surface area (Å²) in [5.74, 6) is -0.769. The number of aliphatic hydroxyl groups excluding tert-OH is 1. The van der Waals surface area contributed by atoms with Crippen LogP contribution in [-0.2, 0) is 5.41 Å². The molecule has 1 fully saturated rings. The summed E-state index contributed by atoms with van der Waals surface area (Å²) in [6, 6.07) is 8.78. The Morgan fingerprint density at radius 3 is 2.65 bits per heavy atom. The van der Waals surface area contributed by atoms with E-state index in [0.29, 0.717) is 30.0 Å². The van der Waals surface area contributed by atoms with Crippen molar-refractivity contribution in [1.29, 1.82) is 5.26 Å².